The lowest BCUT2D eigenvalue weighted by Crippen LogP contribution is -2.58. The van der Waals surface area contributed by atoms with E-state index in [4.69, 9.17) is 4.74 Å². The smallest absolute Gasteiger partial charge is 0.407 e. The van der Waals surface area contributed by atoms with Crippen molar-refractivity contribution in [1.29, 1.82) is 0 Å². The number of aliphatic hydroxyl groups excluding tert-OH is 1. The normalized spacial score (nSPS) is 17.4. The van der Waals surface area contributed by atoms with E-state index in [9.17, 15) is 24.6 Å². The molecule has 2 amide bonds. The molecular weight excluding hydrogens is 534 g/mol. The quantitative estimate of drug-likeness (QED) is 0.291. The number of nitrogens with one attached hydrogen (secondary N) is 2. The summed E-state index contributed by atoms with van der Waals surface area (Å²) in [4.78, 5) is 40.1. The highest BCUT2D eigenvalue weighted by Gasteiger charge is 2.40. The molecule has 42 heavy (non-hydrogen) atoms. The minimum Gasteiger partial charge on any atom is -0.480 e. The molecule has 0 spiro atoms. The van der Waals surface area contributed by atoms with Gasteiger partial charge in [0, 0.05) is 32.0 Å². The van der Waals surface area contributed by atoms with E-state index < -0.39 is 35.7 Å². The number of fused-ring (bicyclic) bond motifs is 3. The Morgan fingerprint density at radius 2 is 1.50 bits per heavy atom. The van der Waals surface area contributed by atoms with Gasteiger partial charge in [0.25, 0.3) is 0 Å². The van der Waals surface area contributed by atoms with Crippen molar-refractivity contribution in [2.45, 2.75) is 56.3 Å². The van der Waals surface area contributed by atoms with Gasteiger partial charge >= 0.3 is 12.1 Å². The number of aliphatic carboxylic acids is 1. The number of likely N-dealkylation sites (tertiary alicyclic amines) is 1. The number of carbonyl (C=O) groups excluding carboxylic acids is 2. The Balaban J connectivity index is 1.27. The Bertz CT molecular complexity index is 1370. The van der Waals surface area contributed by atoms with Gasteiger partial charge < -0.3 is 25.6 Å². The summed E-state index contributed by atoms with van der Waals surface area (Å²) in [6.45, 7) is 3.46. The van der Waals surface area contributed by atoms with Crippen LogP contribution in [0.2, 0.25) is 0 Å². The summed E-state index contributed by atoms with van der Waals surface area (Å²) in [6.07, 6.45) is -1.07. The van der Waals surface area contributed by atoms with Crippen LogP contribution in [0.3, 0.4) is 0 Å². The van der Waals surface area contributed by atoms with Crippen molar-refractivity contribution in [1.82, 2.24) is 15.5 Å². The number of rotatable bonds is 10. The Kier molecular flexibility index (Phi) is 8.89. The molecule has 5 rings (SSSR count). The molecule has 0 radical (unpaired) electrons. The molecule has 3 aromatic rings. The summed E-state index contributed by atoms with van der Waals surface area (Å²) < 4.78 is 5.80. The second-order valence-electron chi connectivity index (χ2n) is 11.3. The molecule has 4 N–H and O–H groups in total. The number of carbonyl (C=O) groups is 3. The first-order valence-electron chi connectivity index (χ1n) is 14.3. The average Bonchev–Trinajstić information content (AvgIpc) is 3.30. The molecule has 0 unspecified atom stereocenters. The lowest BCUT2D eigenvalue weighted by Gasteiger charge is -2.42. The van der Waals surface area contributed by atoms with E-state index in [0.717, 1.165) is 28.8 Å². The molecule has 0 aromatic heterocycles. The zero-order valence-electron chi connectivity index (χ0n) is 23.7. The third-order valence-electron chi connectivity index (χ3n) is 8.34. The van der Waals surface area contributed by atoms with Crippen molar-refractivity contribution in [3.05, 3.63) is 95.6 Å². The Hall–Kier alpha value is -4.21. The van der Waals surface area contributed by atoms with E-state index in [0.29, 0.717) is 25.9 Å². The van der Waals surface area contributed by atoms with Gasteiger partial charge in [0.15, 0.2) is 6.04 Å². The molecule has 2 atom stereocenters. The van der Waals surface area contributed by atoms with Gasteiger partial charge in [-0.25, -0.2) is 9.59 Å². The fourth-order valence-corrected chi connectivity index (χ4v) is 6.10. The maximum Gasteiger partial charge on any atom is 0.407 e. The first-order valence-corrected chi connectivity index (χ1v) is 14.3. The Morgan fingerprint density at radius 1 is 0.929 bits per heavy atom. The number of carboxylic acids is 1. The van der Waals surface area contributed by atoms with Gasteiger partial charge in [-0.15, -0.1) is 0 Å². The van der Waals surface area contributed by atoms with Crippen LogP contribution in [0, 0.1) is 0 Å². The molecule has 1 saturated heterocycles. The third kappa shape index (κ3) is 6.64. The van der Waals surface area contributed by atoms with Gasteiger partial charge in [-0.05, 0) is 47.6 Å². The molecule has 0 saturated carbocycles. The molecule has 1 aliphatic heterocycles. The summed E-state index contributed by atoms with van der Waals surface area (Å²) >= 11 is 0. The molecule has 220 valence electrons. The van der Waals surface area contributed by atoms with E-state index in [1.165, 1.54) is 12.5 Å². The fourth-order valence-electron chi connectivity index (χ4n) is 6.10. The van der Waals surface area contributed by atoms with Crippen LogP contribution in [0.1, 0.15) is 48.8 Å². The Morgan fingerprint density at radius 3 is 2.07 bits per heavy atom. The van der Waals surface area contributed by atoms with Crippen molar-refractivity contribution < 1.29 is 29.3 Å². The van der Waals surface area contributed by atoms with Gasteiger partial charge in [0.1, 0.15) is 6.61 Å². The number of carboxylic acid groups (broad SMARTS) is 1. The molecule has 2 aliphatic rings. The number of aliphatic hydroxyl groups is 1. The number of hydrogen-bond acceptors (Lipinski definition) is 6. The van der Waals surface area contributed by atoms with E-state index in [1.807, 2.05) is 42.5 Å². The number of piperidine rings is 1. The predicted molar refractivity (Wildman–Crippen MR) is 158 cm³/mol. The average molecular weight is 572 g/mol. The van der Waals surface area contributed by atoms with Crippen LogP contribution >= 0.6 is 0 Å². The summed E-state index contributed by atoms with van der Waals surface area (Å²) in [5.74, 6) is -1.98. The molecule has 1 heterocycles. The summed E-state index contributed by atoms with van der Waals surface area (Å²) in [5, 5.41) is 24.7. The SMILES string of the molecule is C[C@@H](O)[C@H](NC(=O)CC1(NC(=O)OCC2c3ccccc3-c3ccccc32)CCN(Cc2ccccc2)CC1)C(=O)O. The van der Waals surface area contributed by atoms with Gasteiger partial charge in [-0.3, -0.25) is 9.69 Å². The van der Waals surface area contributed by atoms with Crippen LogP contribution in [0.5, 0.6) is 0 Å². The van der Waals surface area contributed by atoms with Gasteiger partial charge in [0.05, 0.1) is 11.6 Å². The number of nitrogens with zero attached hydrogens (tertiary/aromatic N) is 1. The van der Waals surface area contributed by atoms with Crippen molar-refractivity contribution in [3.63, 3.8) is 0 Å². The fraction of sp³-hybridized carbons (Fsp3) is 0.364. The highest BCUT2D eigenvalue weighted by Crippen LogP contribution is 2.44. The lowest BCUT2D eigenvalue weighted by atomic mass is 9.83. The first kappa shape index (κ1) is 29.3. The van der Waals surface area contributed by atoms with E-state index in [2.05, 4.69) is 51.9 Å². The van der Waals surface area contributed by atoms with E-state index in [-0.39, 0.29) is 18.9 Å². The second-order valence-corrected chi connectivity index (χ2v) is 11.3. The van der Waals surface area contributed by atoms with Crippen molar-refractivity contribution in [3.8, 4) is 11.1 Å². The van der Waals surface area contributed by atoms with Crippen molar-refractivity contribution in [2.75, 3.05) is 19.7 Å². The number of alkyl carbamates (subject to hydrolysis) is 1. The molecule has 1 fully saturated rings. The van der Waals surface area contributed by atoms with Gasteiger partial charge in [0.2, 0.25) is 5.91 Å². The van der Waals surface area contributed by atoms with Crippen LogP contribution in [-0.4, -0.2) is 70.5 Å². The van der Waals surface area contributed by atoms with Crippen LogP contribution in [0.15, 0.2) is 78.9 Å². The molecule has 9 heteroatoms. The molecular formula is C33H37N3O6. The summed E-state index contributed by atoms with van der Waals surface area (Å²) in [6, 6.07) is 24.8. The van der Waals surface area contributed by atoms with Gasteiger partial charge in [-0.2, -0.15) is 0 Å². The maximum absolute atomic E-state index is 13.3. The highest BCUT2D eigenvalue weighted by molar-refractivity contribution is 5.85. The standard InChI is InChI=1S/C33H37N3O6/c1-22(37)30(31(39)40)34-29(38)19-33(15-17-36(18-16-33)20-23-9-3-2-4-10-23)35-32(41)42-21-28-26-13-7-5-11-24(26)25-12-6-8-14-27(25)28/h2-14,22,28,30,37H,15-21H2,1H3,(H,34,38)(H,35,41)(H,39,40)/t22-,30+/m1/s1. The molecule has 3 aromatic carbocycles. The summed E-state index contributed by atoms with van der Waals surface area (Å²) in [7, 11) is 0. The highest BCUT2D eigenvalue weighted by atomic mass is 16.5. The second kappa shape index (κ2) is 12.8. The zero-order chi connectivity index (χ0) is 29.7. The first-order chi connectivity index (χ1) is 20.2. The largest absolute Gasteiger partial charge is 0.480 e. The van der Waals surface area contributed by atoms with Crippen molar-refractivity contribution >= 4 is 18.0 Å². The van der Waals surface area contributed by atoms with Gasteiger partial charge in [-0.1, -0.05) is 78.9 Å². The van der Waals surface area contributed by atoms with E-state index in [1.54, 1.807) is 0 Å². The molecule has 1 aliphatic carbocycles. The molecule has 0 bridgehead atoms. The monoisotopic (exact) mass is 571 g/mol. The molecule has 9 nitrogen and oxygen atoms in total. The van der Waals surface area contributed by atoms with Crippen LogP contribution in [0.4, 0.5) is 4.79 Å². The van der Waals surface area contributed by atoms with Crippen LogP contribution in [-0.2, 0) is 20.9 Å². The number of hydrogen-bond donors (Lipinski definition) is 4. The number of amides is 2. The minimum atomic E-state index is -1.44. The maximum atomic E-state index is 13.3. The van der Waals surface area contributed by atoms with Crippen molar-refractivity contribution in [2.24, 2.45) is 0 Å². The Labute approximate surface area is 245 Å². The van der Waals surface area contributed by atoms with Crippen LogP contribution < -0.4 is 10.6 Å². The van der Waals surface area contributed by atoms with Crippen LogP contribution in [0.25, 0.3) is 11.1 Å². The summed E-state index contributed by atoms with van der Waals surface area (Å²) in [5.41, 5.74) is 4.72. The topological polar surface area (TPSA) is 128 Å². The zero-order valence-corrected chi connectivity index (χ0v) is 23.7. The predicted octanol–water partition coefficient (Wildman–Crippen LogP) is 3.90. The lowest BCUT2D eigenvalue weighted by molar-refractivity contribution is -0.145. The van der Waals surface area contributed by atoms with E-state index >= 15 is 0 Å². The number of ether oxygens (including phenoxy) is 1. The minimum absolute atomic E-state index is 0.0996. The third-order valence-corrected chi connectivity index (χ3v) is 8.34. The number of benzene rings is 3.